The number of carbonyl (C=O) groups excluding carboxylic acids is 2. The molecule has 0 unspecified atom stereocenters. The molecule has 0 saturated heterocycles. The van der Waals surface area contributed by atoms with Gasteiger partial charge in [0.05, 0.1) is 9.35 Å². The summed E-state index contributed by atoms with van der Waals surface area (Å²) in [6.45, 7) is 2.68. The third-order valence-electron chi connectivity index (χ3n) is 4.55. The van der Waals surface area contributed by atoms with Crippen LogP contribution in [0.3, 0.4) is 0 Å². The SMILES string of the molecule is CCCCCCN1C(=O)c2cc(-c3ccc(-c4ccc(Br)s4)s3)sc2C1=O. The molecule has 0 aliphatic carbocycles. The molecule has 4 heterocycles. The number of amides is 2. The lowest BCUT2D eigenvalue weighted by Crippen LogP contribution is -2.30. The smallest absolute Gasteiger partial charge is 0.271 e. The van der Waals surface area contributed by atoms with Crippen LogP contribution in [-0.4, -0.2) is 23.3 Å². The summed E-state index contributed by atoms with van der Waals surface area (Å²) >= 11 is 8.34. The summed E-state index contributed by atoms with van der Waals surface area (Å²) in [7, 11) is 0. The van der Waals surface area contributed by atoms with E-state index in [-0.39, 0.29) is 11.8 Å². The van der Waals surface area contributed by atoms with Gasteiger partial charge in [-0.3, -0.25) is 14.5 Å². The van der Waals surface area contributed by atoms with Crippen LogP contribution in [0.15, 0.2) is 34.1 Å². The maximum absolute atomic E-state index is 12.7. The maximum Gasteiger partial charge on any atom is 0.271 e. The van der Waals surface area contributed by atoms with Crippen molar-refractivity contribution in [2.24, 2.45) is 0 Å². The molecular weight excluding hydrogens is 462 g/mol. The van der Waals surface area contributed by atoms with Gasteiger partial charge in [-0.25, -0.2) is 0 Å². The van der Waals surface area contributed by atoms with Crippen LogP contribution in [0.4, 0.5) is 0 Å². The molecule has 0 atom stereocenters. The molecule has 2 amide bonds. The van der Waals surface area contributed by atoms with Crippen molar-refractivity contribution in [3.63, 3.8) is 0 Å². The van der Waals surface area contributed by atoms with Gasteiger partial charge in [-0.1, -0.05) is 26.2 Å². The molecule has 0 spiro atoms. The van der Waals surface area contributed by atoms with Crippen molar-refractivity contribution in [3.8, 4) is 19.5 Å². The molecule has 0 fully saturated rings. The molecule has 4 rings (SSSR count). The van der Waals surface area contributed by atoms with E-state index in [9.17, 15) is 9.59 Å². The number of carbonyl (C=O) groups is 2. The number of thiophene rings is 3. The fourth-order valence-electron chi connectivity index (χ4n) is 3.14. The van der Waals surface area contributed by atoms with Crippen LogP contribution in [0, 0.1) is 0 Å². The van der Waals surface area contributed by atoms with Crippen LogP contribution in [-0.2, 0) is 0 Å². The van der Waals surface area contributed by atoms with Crippen LogP contribution >= 0.6 is 49.9 Å². The Morgan fingerprint density at radius 3 is 2.22 bits per heavy atom. The number of imide groups is 1. The van der Waals surface area contributed by atoms with Crippen LogP contribution in [0.2, 0.25) is 0 Å². The highest BCUT2D eigenvalue weighted by Crippen LogP contribution is 2.43. The fourth-order valence-corrected chi connectivity index (χ4v) is 6.80. The minimum absolute atomic E-state index is 0.123. The van der Waals surface area contributed by atoms with E-state index in [4.69, 9.17) is 0 Å². The number of rotatable bonds is 7. The normalized spacial score (nSPS) is 13.6. The van der Waals surface area contributed by atoms with E-state index < -0.39 is 0 Å². The zero-order valence-electron chi connectivity index (χ0n) is 14.8. The van der Waals surface area contributed by atoms with Crippen molar-refractivity contribution in [3.05, 3.63) is 44.6 Å². The van der Waals surface area contributed by atoms with Crippen molar-refractivity contribution in [1.29, 1.82) is 0 Å². The Bertz CT molecular complexity index is 967. The molecule has 140 valence electrons. The Morgan fingerprint density at radius 1 is 0.852 bits per heavy atom. The summed E-state index contributed by atoms with van der Waals surface area (Å²) < 4.78 is 1.11. The van der Waals surface area contributed by atoms with Gasteiger partial charge >= 0.3 is 0 Å². The Hall–Kier alpha value is -1.28. The molecule has 0 saturated carbocycles. The summed E-state index contributed by atoms with van der Waals surface area (Å²) in [5.74, 6) is -0.255. The number of halogens is 1. The molecular formula is C20H18BrNO2S3. The highest BCUT2D eigenvalue weighted by Gasteiger charge is 2.37. The van der Waals surface area contributed by atoms with Gasteiger partial charge in [0, 0.05) is 26.1 Å². The first-order chi connectivity index (χ1) is 13.1. The third kappa shape index (κ3) is 3.70. The summed E-state index contributed by atoms with van der Waals surface area (Å²) in [5.41, 5.74) is 0.573. The van der Waals surface area contributed by atoms with E-state index in [0.29, 0.717) is 17.0 Å². The van der Waals surface area contributed by atoms with E-state index in [1.165, 1.54) is 26.0 Å². The van der Waals surface area contributed by atoms with Gasteiger partial charge in [0.2, 0.25) is 0 Å². The highest BCUT2D eigenvalue weighted by atomic mass is 79.9. The second-order valence-electron chi connectivity index (χ2n) is 6.44. The predicted octanol–water partition coefficient (Wildman–Crippen LogP) is 7.14. The summed E-state index contributed by atoms with van der Waals surface area (Å²) in [4.78, 5) is 31.8. The van der Waals surface area contributed by atoms with Gasteiger partial charge in [0.1, 0.15) is 4.88 Å². The van der Waals surface area contributed by atoms with Crippen molar-refractivity contribution >= 4 is 61.8 Å². The van der Waals surface area contributed by atoms with Crippen molar-refractivity contribution < 1.29 is 9.59 Å². The third-order valence-corrected chi connectivity index (χ3v) is 8.77. The first kappa shape index (κ1) is 19.1. The lowest BCUT2D eigenvalue weighted by atomic mass is 10.2. The molecule has 1 aliphatic rings. The fraction of sp³-hybridized carbons (Fsp3) is 0.300. The molecule has 27 heavy (non-hydrogen) atoms. The van der Waals surface area contributed by atoms with E-state index in [0.717, 1.165) is 39.2 Å². The zero-order chi connectivity index (χ0) is 19.0. The van der Waals surface area contributed by atoms with E-state index in [1.54, 1.807) is 22.7 Å². The second kappa shape index (κ2) is 7.99. The average molecular weight is 480 g/mol. The molecule has 1 aliphatic heterocycles. The Kier molecular flexibility index (Phi) is 5.64. The molecule has 0 radical (unpaired) electrons. The van der Waals surface area contributed by atoms with Crippen LogP contribution in [0.1, 0.15) is 52.6 Å². The van der Waals surface area contributed by atoms with Gasteiger partial charge in [0.15, 0.2) is 0 Å². The second-order valence-corrected chi connectivity index (χ2v) is 11.0. The van der Waals surface area contributed by atoms with Crippen molar-refractivity contribution in [2.45, 2.75) is 32.6 Å². The molecule has 0 N–H and O–H groups in total. The summed E-state index contributed by atoms with van der Waals surface area (Å²) in [6.07, 6.45) is 4.23. The van der Waals surface area contributed by atoms with Gasteiger partial charge in [0.25, 0.3) is 11.8 Å². The monoisotopic (exact) mass is 479 g/mol. The molecule has 3 nitrogen and oxygen atoms in total. The van der Waals surface area contributed by atoms with Gasteiger partial charge in [-0.15, -0.1) is 34.0 Å². The molecule has 0 bridgehead atoms. The van der Waals surface area contributed by atoms with Crippen LogP contribution in [0.5, 0.6) is 0 Å². The predicted molar refractivity (Wildman–Crippen MR) is 118 cm³/mol. The number of nitrogens with zero attached hydrogens (tertiary/aromatic N) is 1. The van der Waals surface area contributed by atoms with Gasteiger partial charge in [-0.05, 0) is 52.7 Å². The summed E-state index contributed by atoms with van der Waals surface area (Å²) in [6, 6.07) is 10.2. The molecule has 3 aromatic heterocycles. The largest absolute Gasteiger partial charge is 0.274 e. The van der Waals surface area contributed by atoms with E-state index in [1.807, 2.05) is 12.1 Å². The molecule has 0 aromatic carbocycles. The number of fused-ring (bicyclic) bond motifs is 1. The van der Waals surface area contributed by atoms with Crippen LogP contribution in [0.25, 0.3) is 19.5 Å². The van der Waals surface area contributed by atoms with Crippen molar-refractivity contribution in [1.82, 2.24) is 4.90 Å². The Labute approximate surface area is 178 Å². The minimum Gasteiger partial charge on any atom is -0.274 e. The number of hydrogen-bond donors (Lipinski definition) is 0. The van der Waals surface area contributed by atoms with Crippen LogP contribution < -0.4 is 0 Å². The Morgan fingerprint density at radius 2 is 1.56 bits per heavy atom. The number of unbranched alkanes of at least 4 members (excludes halogenated alkanes) is 3. The van der Waals surface area contributed by atoms with E-state index >= 15 is 0 Å². The van der Waals surface area contributed by atoms with Gasteiger partial charge in [-0.2, -0.15) is 0 Å². The van der Waals surface area contributed by atoms with Gasteiger partial charge < -0.3 is 0 Å². The zero-order valence-corrected chi connectivity index (χ0v) is 18.8. The topological polar surface area (TPSA) is 37.4 Å². The Balaban J connectivity index is 1.52. The number of hydrogen-bond acceptors (Lipinski definition) is 5. The van der Waals surface area contributed by atoms with E-state index in [2.05, 4.69) is 41.1 Å². The lowest BCUT2D eigenvalue weighted by molar-refractivity contribution is 0.0653. The standard InChI is InChI=1S/C20H18BrNO2S3/c1-2-3-4-5-10-22-19(23)12-11-16(27-18(12)20(22)24)15-7-6-13(25-15)14-8-9-17(21)26-14/h6-9,11H,2-5,10H2,1H3. The summed E-state index contributed by atoms with van der Waals surface area (Å²) in [5, 5.41) is 0. The first-order valence-corrected chi connectivity index (χ1v) is 12.2. The molecule has 7 heteroatoms. The minimum atomic E-state index is -0.132. The quantitative estimate of drug-likeness (QED) is 0.266. The molecule has 3 aromatic rings. The lowest BCUT2D eigenvalue weighted by Gasteiger charge is -2.13. The highest BCUT2D eigenvalue weighted by molar-refractivity contribution is 9.11. The first-order valence-electron chi connectivity index (χ1n) is 8.94. The maximum atomic E-state index is 12.7. The van der Waals surface area contributed by atoms with Crippen molar-refractivity contribution in [2.75, 3.05) is 6.54 Å². The average Bonchev–Trinajstić information content (AvgIpc) is 3.41.